The molecule has 0 aliphatic carbocycles. The van der Waals surface area contributed by atoms with Gasteiger partial charge in [-0.3, -0.25) is 9.59 Å². The molecule has 0 radical (unpaired) electrons. The Labute approximate surface area is 141 Å². The van der Waals surface area contributed by atoms with E-state index < -0.39 is 6.04 Å². The first-order chi connectivity index (χ1) is 9.31. The summed E-state index contributed by atoms with van der Waals surface area (Å²) in [7, 11) is 0. The topological polar surface area (TPSA) is 58.2 Å². The monoisotopic (exact) mass is 452 g/mol. The van der Waals surface area contributed by atoms with E-state index in [1.807, 2.05) is 26.0 Å². The third-order valence-electron chi connectivity index (χ3n) is 2.60. The van der Waals surface area contributed by atoms with Crippen LogP contribution in [0.15, 0.2) is 22.7 Å². The lowest BCUT2D eigenvalue weighted by Gasteiger charge is -2.15. The van der Waals surface area contributed by atoms with E-state index in [2.05, 4.69) is 49.2 Å². The maximum absolute atomic E-state index is 12.2. The average Bonchev–Trinajstić information content (AvgIpc) is 2.38. The van der Waals surface area contributed by atoms with Gasteiger partial charge in [-0.1, -0.05) is 29.8 Å². The number of amides is 2. The summed E-state index contributed by atoms with van der Waals surface area (Å²) in [6, 6.07) is 4.91. The van der Waals surface area contributed by atoms with Crippen LogP contribution in [0.25, 0.3) is 0 Å². The van der Waals surface area contributed by atoms with Gasteiger partial charge in [0.1, 0.15) is 6.04 Å². The van der Waals surface area contributed by atoms with E-state index in [9.17, 15) is 9.59 Å². The zero-order valence-electron chi connectivity index (χ0n) is 11.7. The van der Waals surface area contributed by atoms with Crippen LogP contribution >= 0.6 is 38.5 Å². The number of nitrogens with one attached hydrogen (secondary N) is 2. The number of halogens is 2. The molecular formula is C14H18BrIN2O2. The molecule has 4 nitrogen and oxygen atoms in total. The van der Waals surface area contributed by atoms with Gasteiger partial charge >= 0.3 is 0 Å². The number of benzene rings is 1. The molecule has 2 amide bonds. The number of hydrogen-bond donors (Lipinski definition) is 2. The fourth-order valence-corrected chi connectivity index (χ4v) is 2.41. The molecule has 1 aromatic carbocycles. The van der Waals surface area contributed by atoms with Crippen LogP contribution in [0.5, 0.6) is 0 Å². The molecule has 1 atom stereocenters. The molecule has 20 heavy (non-hydrogen) atoms. The molecule has 0 aliphatic heterocycles. The largest absolute Gasteiger partial charge is 0.354 e. The Morgan fingerprint density at radius 1 is 1.30 bits per heavy atom. The van der Waals surface area contributed by atoms with Crippen molar-refractivity contribution in [3.05, 3.63) is 31.8 Å². The predicted molar refractivity (Wildman–Crippen MR) is 91.6 cm³/mol. The van der Waals surface area contributed by atoms with Crippen molar-refractivity contribution < 1.29 is 9.59 Å². The van der Waals surface area contributed by atoms with Gasteiger partial charge in [0.05, 0.1) is 5.56 Å². The van der Waals surface area contributed by atoms with Gasteiger partial charge in [-0.25, -0.2) is 0 Å². The summed E-state index contributed by atoms with van der Waals surface area (Å²) in [4.78, 5) is 24.0. The molecule has 0 heterocycles. The summed E-state index contributed by atoms with van der Waals surface area (Å²) in [5, 5.41) is 5.51. The number of hydrogen-bond acceptors (Lipinski definition) is 2. The third-order valence-corrected chi connectivity index (χ3v) is 4.03. The van der Waals surface area contributed by atoms with E-state index >= 15 is 0 Å². The SMILES string of the molecule is CC(C)CNC(=O)C(C)NC(=O)c1cc(Br)ccc1I. The van der Waals surface area contributed by atoms with Crippen molar-refractivity contribution in [2.24, 2.45) is 5.92 Å². The molecule has 2 N–H and O–H groups in total. The highest BCUT2D eigenvalue weighted by molar-refractivity contribution is 14.1. The van der Waals surface area contributed by atoms with Gasteiger partial charge in [0.2, 0.25) is 5.91 Å². The second-order valence-corrected chi connectivity index (χ2v) is 7.04. The highest BCUT2D eigenvalue weighted by Gasteiger charge is 2.18. The quantitative estimate of drug-likeness (QED) is 0.675. The normalized spacial score (nSPS) is 12.1. The Kier molecular flexibility index (Phi) is 6.94. The summed E-state index contributed by atoms with van der Waals surface area (Å²) < 4.78 is 1.68. The van der Waals surface area contributed by atoms with E-state index in [4.69, 9.17) is 0 Å². The van der Waals surface area contributed by atoms with Crippen LogP contribution in [-0.2, 0) is 4.79 Å². The summed E-state index contributed by atoms with van der Waals surface area (Å²) in [5.74, 6) is -0.0344. The molecule has 0 bridgehead atoms. The molecule has 0 aromatic heterocycles. The lowest BCUT2D eigenvalue weighted by atomic mass is 10.2. The number of carbonyl (C=O) groups excluding carboxylic acids is 2. The van der Waals surface area contributed by atoms with Crippen LogP contribution in [0.4, 0.5) is 0 Å². The Morgan fingerprint density at radius 2 is 1.95 bits per heavy atom. The van der Waals surface area contributed by atoms with Crippen molar-refractivity contribution in [1.82, 2.24) is 10.6 Å². The van der Waals surface area contributed by atoms with Crippen LogP contribution in [-0.4, -0.2) is 24.4 Å². The summed E-state index contributed by atoms with van der Waals surface area (Å²) >= 11 is 5.44. The van der Waals surface area contributed by atoms with Crippen LogP contribution in [0.3, 0.4) is 0 Å². The molecule has 6 heteroatoms. The molecular weight excluding hydrogens is 435 g/mol. The maximum Gasteiger partial charge on any atom is 0.253 e. The fraction of sp³-hybridized carbons (Fsp3) is 0.429. The number of carbonyl (C=O) groups is 2. The van der Waals surface area contributed by atoms with E-state index in [-0.39, 0.29) is 11.8 Å². The molecule has 0 saturated heterocycles. The van der Waals surface area contributed by atoms with Crippen molar-refractivity contribution in [2.75, 3.05) is 6.54 Å². The van der Waals surface area contributed by atoms with E-state index in [1.165, 1.54) is 0 Å². The molecule has 0 aliphatic rings. The van der Waals surface area contributed by atoms with Gasteiger partial charge in [0.25, 0.3) is 5.91 Å². The first kappa shape index (κ1) is 17.4. The molecule has 0 fully saturated rings. The molecule has 0 saturated carbocycles. The predicted octanol–water partition coefficient (Wildman–Crippen LogP) is 2.94. The second-order valence-electron chi connectivity index (χ2n) is 4.96. The molecule has 1 rings (SSSR count). The average molecular weight is 453 g/mol. The Bertz CT molecular complexity index is 506. The van der Waals surface area contributed by atoms with E-state index in [0.717, 1.165) is 8.04 Å². The Hall–Kier alpha value is -0.630. The number of rotatable bonds is 5. The minimum absolute atomic E-state index is 0.169. The van der Waals surface area contributed by atoms with Crippen molar-refractivity contribution in [3.8, 4) is 0 Å². The molecule has 110 valence electrons. The van der Waals surface area contributed by atoms with Crippen molar-refractivity contribution in [2.45, 2.75) is 26.8 Å². The molecule has 0 spiro atoms. The van der Waals surface area contributed by atoms with Crippen LogP contribution in [0, 0.1) is 9.49 Å². The van der Waals surface area contributed by atoms with Gasteiger partial charge < -0.3 is 10.6 Å². The van der Waals surface area contributed by atoms with Gasteiger partial charge in [-0.15, -0.1) is 0 Å². The summed E-state index contributed by atoms with van der Waals surface area (Å²) in [6.45, 7) is 6.33. The van der Waals surface area contributed by atoms with Crippen LogP contribution < -0.4 is 10.6 Å². The highest BCUT2D eigenvalue weighted by atomic mass is 127. The van der Waals surface area contributed by atoms with Gasteiger partial charge in [0.15, 0.2) is 0 Å². The molecule has 1 aromatic rings. The first-order valence-electron chi connectivity index (χ1n) is 6.35. The molecule has 1 unspecified atom stereocenters. The first-order valence-corrected chi connectivity index (χ1v) is 8.22. The van der Waals surface area contributed by atoms with Crippen LogP contribution in [0.1, 0.15) is 31.1 Å². The Morgan fingerprint density at radius 3 is 2.55 bits per heavy atom. The van der Waals surface area contributed by atoms with E-state index in [0.29, 0.717) is 18.0 Å². The Balaban J connectivity index is 2.65. The van der Waals surface area contributed by atoms with Gasteiger partial charge in [-0.05, 0) is 53.6 Å². The minimum atomic E-state index is -0.559. The third kappa shape index (κ3) is 5.40. The van der Waals surface area contributed by atoms with Crippen molar-refractivity contribution >= 4 is 50.3 Å². The second kappa shape index (κ2) is 7.97. The summed E-state index contributed by atoms with van der Waals surface area (Å²) in [5.41, 5.74) is 0.559. The van der Waals surface area contributed by atoms with Gasteiger partial charge in [-0.2, -0.15) is 0 Å². The standard InChI is InChI=1S/C14H18BrIN2O2/c1-8(2)7-17-13(19)9(3)18-14(20)11-6-10(15)4-5-12(11)16/h4-6,8-9H,7H2,1-3H3,(H,17,19)(H,18,20). The zero-order valence-corrected chi connectivity index (χ0v) is 15.4. The van der Waals surface area contributed by atoms with E-state index in [1.54, 1.807) is 13.0 Å². The maximum atomic E-state index is 12.2. The lowest BCUT2D eigenvalue weighted by molar-refractivity contribution is -0.122. The van der Waals surface area contributed by atoms with Gasteiger partial charge in [0, 0.05) is 14.6 Å². The van der Waals surface area contributed by atoms with Crippen molar-refractivity contribution in [1.29, 1.82) is 0 Å². The van der Waals surface area contributed by atoms with Crippen LogP contribution in [0.2, 0.25) is 0 Å². The fourth-order valence-electron chi connectivity index (χ4n) is 1.47. The van der Waals surface area contributed by atoms with Crippen molar-refractivity contribution in [3.63, 3.8) is 0 Å². The zero-order chi connectivity index (χ0) is 15.3. The smallest absolute Gasteiger partial charge is 0.253 e. The minimum Gasteiger partial charge on any atom is -0.354 e. The summed E-state index contributed by atoms with van der Waals surface area (Å²) in [6.07, 6.45) is 0. The highest BCUT2D eigenvalue weighted by Crippen LogP contribution is 2.18. The lowest BCUT2D eigenvalue weighted by Crippen LogP contribution is -2.45.